The summed E-state index contributed by atoms with van der Waals surface area (Å²) in [7, 11) is 0. The normalized spacial score (nSPS) is 17.3. The first-order valence-corrected chi connectivity index (χ1v) is 9.97. The summed E-state index contributed by atoms with van der Waals surface area (Å²) in [4.78, 5) is 4.88. The van der Waals surface area contributed by atoms with Gasteiger partial charge in [-0.3, -0.25) is 0 Å². The maximum absolute atomic E-state index is 6.23. The summed E-state index contributed by atoms with van der Waals surface area (Å²) in [5.41, 5.74) is 4.31. The first-order chi connectivity index (χ1) is 12.6. The van der Waals surface area contributed by atoms with Crippen molar-refractivity contribution >= 4 is 40.4 Å². The first-order valence-electron chi connectivity index (χ1n) is 9.22. The molecule has 1 aliphatic rings. The number of hydrogen-bond donors (Lipinski definition) is 2. The average Bonchev–Trinajstić information content (AvgIpc) is 2.65. The highest BCUT2D eigenvalue weighted by molar-refractivity contribution is 6.42. The van der Waals surface area contributed by atoms with E-state index in [1.54, 1.807) is 0 Å². The predicted molar refractivity (Wildman–Crippen MR) is 113 cm³/mol. The Bertz CT molecular complexity index is 787. The maximum atomic E-state index is 6.23. The van der Waals surface area contributed by atoms with Crippen LogP contribution in [0.3, 0.4) is 0 Å². The Labute approximate surface area is 165 Å². The lowest BCUT2D eigenvalue weighted by Gasteiger charge is -2.13. The van der Waals surface area contributed by atoms with Crippen LogP contribution in [0.15, 0.2) is 41.4 Å². The fourth-order valence-electron chi connectivity index (χ4n) is 3.12. The van der Waals surface area contributed by atoms with Crippen molar-refractivity contribution in [3.05, 3.63) is 57.6 Å². The molecule has 0 radical (unpaired) electrons. The molecule has 0 saturated carbocycles. The number of amidine groups is 1. The molecule has 2 aromatic rings. The van der Waals surface area contributed by atoms with Crippen molar-refractivity contribution in [2.75, 3.05) is 11.9 Å². The molecule has 0 bridgehead atoms. The van der Waals surface area contributed by atoms with Crippen molar-refractivity contribution in [2.45, 2.75) is 45.6 Å². The molecule has 0 fully saturated rings. The summed E-state index contributed by atoms with van der Waals surface area (Å²) in [5.74, 6) is 0.995. The van der Waals surface area contributed by atoms with Gasteiger partial charge in [-0.25, -0.2) is 4.99 Å². The van der Waals surface area contributed by atoms with Gasteiger partial charge in [-0.05, 0) is 37.5 Å². The van der Waals surface area contributed by atoms with Gasteiger partial charge >= 0.3 is 0 Å². The van der Waals surface area contributed by atoms with Crippen LogP contribution in [0, 0.1) is 6.92 Å². The smallest absolute Gasteiger partial charge is 0.103 e. The number of anilines is 1. The van der Waals surface area contributed by atoms with Crippen LogP contribution in [0.1, 0.15) is 43.2 Å². The molecular formula is C21H25Cl2N3. The van der Waals surface area contributed by atoms with Gasteiger partial charge in [0.25, 0.3) is 0 Å². The van der Waals surface area contributed by atoms with E-state index >= 15 is 0 Å². The van der Waals surface area contributed by atoms with Gasteiger partial charge in [0.2, 0.25) is 0 Å². The SMILES string of the molecule is Cc1cccc(CN/C2=N/c3cc(Cl)c(Cl)cc3NCCCCCC2)c1. The fourth-order valence-corrected chi connectivity index (χ4v) is 3.44. The third kappa shape index (κ3) is 5.39. The Morgan fingerprint density at radius 1 is 1.04 bits per heavy atom. The number of nitrogens with one attached hydrogen (secondary N) is 2. The third-order valence-electron chi connectivity index (χ3n) is 4.53. The monoisotopic (exact) mass is 389 g/mol. The van der Waals surface area contributed by atoms with Crippen LogP contribution >= 0.6 is 23.2 Å². The molecule has 0 unspecified atom stereocenters. The van der Waals surface area contributed by atoms with Gasteiger partial charge in [0, 0.05) is 19.5 Å². The van der Waals surface area contributed by atoms with E-state index in [4.69, 9.17) is 28.2 Å². The summed E-state index contributed by atoms with van der Waals surface area (Å²) >= 11 is 12.4. The summed E-state index contributed by atoms with van der Waals surface area (Å²) in [6.07, 6.45) is 5.65. The van der Waals surface area contributed by atoms with E-state index in [-0.39, 0.29) is 0 Å². The average molecular weight is 390 g/mol. The Balaban J connectivity index is 1.85. The Hall–Kier alpha value is -1.71. The zero-order valence-electron chi connectivity index (χ0n) is 15.1. The number of aryl methyl sites for hydroxylation is 1. The molecule has 1 aliphatic heterocycles. The van der Waals surface area contributed by atoms with Gasteiger partial charge in [-0.15, -0.1) is 0 Å². The highest BCUT2D eigenvalue weighted by Gasteiger charge is 2.10. The second kappa shape index (κ2) is 9.29. The first kappa shape index (κ1) is 19.1. The van der Waals surface area contributed by atoms with Gasteiger partial charge in [0.15, 0.2) is 0 Å². The van der Waals surface area contributed by atoms with E-state index in [9.17, 15) is 0 Å². The number of nitrogens with zero attached hydrogens (tertiary/aromatic N) is 1. The summed E-state index contributed by atoms with van der Waals surface area (Å²) < 4.78 is 0. The number of hydrogen-bond acceptors (Lipinski definition) is 3. The van der Waals surface area contributed by atoms with Crippen LogP contribution in [0.2, 0.25) is 10.0 Å². The molecule has 3 nitrogen and oxygen atoms in total. The lowest BCUT2D eigenvalue weighted by Crippen LogP contribution is -2.22. The molecule has 26 heavy (non-hydrogen) atoms. The van der Waals surface area contributed by atoms with Crippen molar-refractivity contribution in [1.82, 2.24) is 5.32 Å². The maximum Gasteiger partial charge on any atom is 0.103 e. The van der Waals surface area contributed by atoms with Crippen LogP contribution in [0.4, 0.5) is 11.4 Å². The molecule has 0 atom stereocenters. The minimum absolute atomic E-state index is 0.531. The molecule has 0 saturated heterocycles. The lowest BCUT2D eigenvalue weighted by atomic mass is 10.1. The molecule has 2 N–H and O–H groups in total. The molecule has 2 aromatic carbocycles. The zero-order chi connectivity index (χ0) is 18.4. The molecule has 0 aliphatic carbocycles. The number of rotatable bonds is 2. The van der Waals surface area contributed by atoms with Crippen molar-refractivity contribution < 1.29 is 0 Å². The number of fused-ring (bicyclic) bond motifs is 1. The summed E-state index contributed by atoms with van der Waals surface area (Å²) in [6, 6.07) is 12.3. The van der Waals surface area contributed by atoms with Gasteiger partial charge in [-0.2, -0.15) is 0 Å². The van der Waals surface area contributed by atoms with Crippen LogP contribution < -0.4 is 10.6 Å². The molecular weight excluding hydrogens is 365 g/mol. The highest BCUT2D eigenvalue weighted by Crippen LogP contribution is 2.35. The van der Waals surface area contributed by atoms with Crippen LogP contribution in [-0.2, 0) is 6.54 Å². The van der Waals surface area contributed by atoms with Crippen LogP contribution in [0.5, 0.6) is 0 Å². The molecule has 1 heterocycles. The van der Waals surface area contributed by atoms with E-state index < -0.39 is 0 Å². The lowest BCUT2D eigenvalue weighted by molar-refractivity contribution is 0.663. The Morgan fingerprint density at radius 2 is 1.85 bits per heavy atom. The molecule has 138 valence electrons. The minimum Gasteiger partial charge on any atom is -0.383 e. The summed E-state index contributed by atoms with van der Waals surface area (Å²) in [6.45, 7) is 3.80. The van der Waals surface area contributed by atoms with Crippen molar-refractivity contribution in [1.29, 1.82) is 0 Å². The van der Waals surface area contributed by atoms with Gasteiger partial charge in [-0.1, -0.05) is 65.9 Å². The highest BCUT2D eigenvalue weighted by atomic mass is 35.5. The second-order valence-corrected chi connectivity index (χ2v) is 7.59. The molecule has 0 amide bonds. The number of benzene rings is 2. The van der Waals surface area contributed by atoms with Gasteiger partial charge in [0.1, 0.15) is 5.84 Å². The van der Waals surface area contributed by atoms with Gasteiger partial charge < -0.3 is 10.6 Å². The largest absolute Gasteiger partial charge is 0.383 e. The van der Waals surface area contributed by atoms with Gasteiger partial charge in [0.05, 0.1) is 21.4 Å². The minimum atomic E-state index is 0.531. The van der Waals surface area contributed by atoms with Crippen molar-refractivity contribution in [3.63, 3.8) is 0 Å². The van der Waals surface area contributed by atoms with E-state index in [1.807, 2.05) is 12.1 Å². The standard InChI is InChI=1S/C21H25Cl2N3/c1-15-7-6-8-16(11-15)14-25-21-9-4-2-3-5-10-24-19-12-17(22)18(23)13-20(19)26-21/h6-8,11-13,24H,2-5,9-10,14H2,1H3,(H,25,26). The number of aliphatic imine (C=N–C) groups is 1. The summed E-state index contributed by atoms with van der Waals surface area (Å²) in [5, 5.41) is 8.06. The van der Waals surface area contributed by atoms with Crippen molar-refractivity contribution in [2.24, 2.45) is 4.99 Å². The zero-order valence-corrected chi connectivity index (χ0v) is 16.6. The van der Waals surface area contributed by atoms with E-state index in [0.717, 1.165) is 49.6 Å². The van der Waals surface area contributed by atoms with Crippen LogP contribution in [0.25, 0.3) is 0 Å². The topological polar surface area (TPSA) is 36.4 Å². The Morgan fingerprint density at radius 3 is 2.69 bits per heavy atom. The van der Waals surface area contributed by atoms with Crippen molar-refractivity contribution in [3.8, 4) is 0 Å². The number of halogens is 2. The second-order valence-electron chi connectivity index (χ2n) is 6.78. The third-order valence-corrected chi connectivity index (χ3v) is 5.25. The fraction of sp³-hybridized carbons (Fsp3) is 0.381. The quantitative estimate of drug-likeness (QED) is 0.614. The van der Waals surface area contributed by atoms with Crippen LogP contribution in [-0.4, -0.2) is 12.4 Å². The predicted octanol–water partition coefficient (Wildman–Crippen LogP) is 6.50. The Kier molecular flexibility index (Phi) is 6.81. The molecule has 0 spiro atoms. The molecule has 0 aromatic heterocycles. The molecule has 5 heteroatoms. The van der Waals surface area contributed by atoms with E-state index in [0.29, 0.717) is 10.0 Å². The van der Waals surface area contributed by atoms with E-state index in [2.05, 4.69) is 41.8 Å². The van der Waals surface area contributed by atoms with E-state index in [1.165, 1.54) is 24.0 Å². The molecule has 3 rings (SSSR count).